The summed E-state index contributed by atoms with van der Waals surface area (Å²) in [5, 5.41) is 8.80. The van der Waals surface area contributed by atoms with Gasteiger partial charge in [0.1, 0.15) is 5.76 Å². The molecule has 20 heavy (non-hydrogen) atoms. The fourth-order valence-electron chi connectivity index (χ4n) is 1.83. The van der Waals surface area contributed by atoms with E-state index in [-0.39, 0.29) is 6.42 Å². The molecule has 0 bridgehead atoms. The maximum absolute atomic E-state index is 10.7. The number of ether oxygens (including phenoxy) is 2. The normalized spacial score (nSPS) is 10.3. The predicted molar refractivity (Wildman–Crippen MR) is 71.1 cm³/mol. The van der Waals surface area contributed by atoms with Crippen molar-refractivity contribution in [1.29, 1.82) is 0 Å². The van der Waals surface area contributed by atoms with Crippen molar-refractivity contribution in [3.8, 4) is 23.0 Å². The number of carbonyl (C=O) groups is 1. The highest BCUT2D eigenvalue weighted by Gasteiger charge is 2.15. The first-order valence-corrected chi connectivity index (χ1v) is 5.95. The van der Waals surface area contributed by atoms with Crippen molar-refractivity contribution in [2.24, 2.45) is 0 Å². The highest BCUT2D eigenvalue weighted by Crippen LogP contribution is 2.32. The van der Waals surface area contributed by atoms with E-state index in [9.17, 15) is 4.79 Å². The Bertz CT molecular complexity index is 632. The molecular weight excluding hydrogens is 262 g/mol. The fraction of sp³-hybridized carbons (Fsp3) is 0.286. The van der Waals surface area contributed by atoms with E-state index in [0.29, 0.717) is 34.4 Å². The zero-order valence-electron chi connectivity index (χ0n) is 11.5. The molecule has 0 saturated carbocycles. The molecule has 1 heterocycles. The molecule has 0 spiro atoms. The van der Waals surface area contributed by atoms with Crippen molar-refractivity contribution in [3.05, 3.63) is 29.7 Å². The maximum atomic E-state index is 10.7. The lowest BCUT2D eigenvalue weighted by molar-refractivity contribution is -0.136. The molecule has 0 aliphatic heterocycles. The molecule has 1 N–H and O–H groups in total. The lowest BCUT2D eigenvalue weighted by Crippen LogP contribution is -2.01. The lowest BCUT2D eigenvalue weighted by Gasteiger charge is -2.07. The Labute approximate surface area is 116 Å². The fourth-order valence-corrected chi connectivity index (χ4v) is 1.83. The summed E-state index contributed by atoms with van der Waals surface area (Å²) in [5.74, 6) is 1.07. The summed E-state index contributed by atoms with van der Waals surface area (Å²) in [5.41, 5.74) is 1.12. The van der Waals surface area contributed by atoms with E-state index >= 15 is 0 Å². The van der Waals surface area contributed by atoms with Gasteiger partial charge >= 0.3 is 5.97 Å². The van der Waals surface area contributed by atoms with Gasteiger partial charge in [-0.15, -0.1) is 0 Å². The summed E-state index contributed by atoms with van der Waals surface area (Å²) >= 11 is 0. The molecule has 106 valence electrons. The third-order valence-corrected chi connectivity index (χ3v) is 2.84. The second-order valence-corrected chi connectivity index (χ2v) is 4.16. The SMILES string of the molecule is COc1ccc(-c2nc(CC(=O)O)c(C)o2)cc1OC. The molecule has 2 rings (SSSR count). The van der Waals surface area contributed by atoms with Gasteiger partial charge in [0.05, 0.1) is 26.3 Å². The number of aryl methyl sites for hydroxylation is 1. The van der Waals surface area contributed by atoms with Gasteiger partial charge in [0.15, 0.2) is 11.5 Å². The van der Waals surface area contributed by atoms with E-state index in [1.165, 1.54) is 7.11 Å². The van der Waals surface area contributed by atoms with Crippen molar-refractivity contribution in [1.82, 2.24) is 4.98 Å². The average Bonchev–Trinajstić information content (AvgIpc) is 2.78. The van der Waals surface area contributed by atoms with Crippen LogP contribution < -0.4 is 9.47 Å². The first-order chi connectivity index (χ1) is 9.55. The Morgan fingerprint density at radius 1 is 1.30 bits per heavy atom. The van der Waals surface area contributed by atoms with Gasteiger partial charge in [0.25, 0.3) is 0 Å². The summed E-state index contributed by atoms with van der Waals surface area (Å²) in [4.78, 5) is 14.9. The number of aromatic nitrogens is 1. The van der Waals surface area contributed by atoms with Gasteiger partial charge in [0, 0.05) is 5.56 Å². The van der Waals surface area contributed by atoms with Crippen LogP contribution >= 0.6 is 0 Å². The van der Waals surface area contributed by atoms with Crippen LogP contribution in [-0.2, 0) is 11.2 Å². The van der Waals surface area contributed by atoms with Crippen LogP contribution in [0.15, 0.2) is 22.6 Å². The van der Waals surface area contributed by atoms with Crippen LogP contribution in [0.2, 0.25) is 0 Å². The van der Waals surface area contributed by atoms with Gasteiger partial charge in [-0.1, -0.05) is 0 Å². The van der Waals surface area contributed by atoms with E-state index in [4.69, 9.17) is 19.0 Å². The molecule has 0 amide bonds. The maximum Gasteiger partial charge on any atom is 0.309 e. The van der Waals surface area contributed by atoms with Crippen LogP contribution in [0.1, 0.15) is 11.5 Å². The number of oxazole rings is 1. The quantitative estimate of drug-likeness (QED) is 0.903. The second kappa shape index (κ2) is 5.64. The number of benzene rings is 1. The number of hydrogen-bond donors (Lipinski definition) is 1. The summed E-state index contributed by atoms with van der Waals surface area (Å²) in [7, 11) is 3.09. The first kappa shape index (κ1) is 13.9. The zero-order valence-corrected chi connectivity index (χ0v) is 11.5. The molecule has 0 aliphatic carbocycles. The van der Waals surface area contributed by atoms with Gasteiger partial charge < -0.3 is 19.0 Å². The van der Waals surface area contributed by atoms with Crippen molar-refractivity contribution < 1.29 is 23.8 Å². The van der Waals surface area contributed by atoms with Gasteiger partial charge in [0.2, 0.25) is 5.89 Å². The van der Waals surface area contributed by atoms with Crippen LogP contribution in [0.5, 0.6) is 11.5 Å². The van der Waals surface area contributed by atoms with Crippen LogP contribution in [0.3, 0.4) is 0 Å². The number of carboxylic acids is 1. The van der Waals surface area contributed by atoms with Crippen LogP contribution in [0.25, 0.3) is 11.5 Å². The summed E-state index contributed by atoms with van der Waals surface area (Å²) < 4.78 is 15.9. The standard InChI is InChI=1S/C14H15NO5/c1-8-10(7-13(16)17)15-14(20-8)9-4-5-11(18-2)12(6-9)19-3/h4-6H,7H2,1-3H3,(H,16,17). The number of nitrogens with zero attached hydrogens (tertiary/aromatic N) is 1. The molecule has 6 nitrogen and oxygen atoms in total. The Kier molecular flexibility index (Phi) is 3.93. The molecule has 0 unspecified atom stereocenters. The van der Waals surface area contributed by atoms with Crippen molar-refractivity contribution >= 4 is 5.97 Å². The number of hydrogen-bond acceptors (Lipinski definition) is 5. The van der Waals surface area contributed by atoms with Gasteiger partial charge in [-0.2, -0.15) is 0 Å². The zero-order chi connectivity index (χ0) is 14.7. The molecule has 0 fully saturated rings. The molecular formula is C14H15NO5. The van der Waals surface area contributed by atoms with Crippen LogP contribution in [-0.4, -0.2) is 30.3 Å². The van der Waals surface area contributed by atoms with E-state index in [1.807, 2.05) is 0 Å². The topological polar surface area (TPSA) is 81.8 Å². The Balaban J connectivity index is 2.39. The summed E-state index contributed by atoms with van der Waals surface area (Å²) in [6.07, 6.45) is -0.164. The first-order valence-electron chi connectivity index (χ1n) is 5.95. The molecule has 1 aromatic carbocycles. The molecule has 0 aliphatic rings. The van der Waals surface area contributed by atoms with Gasteiger partial charge in [-0.25, -0.2) is 4.98 Å². The third kappa shape index (κ3) is 2.74. The lowest BCUT2D eigenvalue weighted by atomic mass is 10.2. The molecule has 6 heteroatoms. The Morgan fingerprint density at radius 2 is 2.00 bits per heavy atom. The number of rotatable bonds is 5. The van der Waals surface area contributed by atoms with E-state index < -0.39 is 5.97 Å². The van der Waals surface area contributed by atoms with Gasteiger partial charge in [-0.05, 0) is 25.1 Å². The largest absolute Gasteiger partial charge is 0.493 e. The monoisotopic (exact) mass is 277 g/mol. The Morgan fingerprint density at radius 3 is 2.60 bits per heavy atom. The predicted octanol–water partition coefficient (Wildman–Crippen LogP) is 2.29. The van der Waals surface area contributed by atoms with Gasteiger partial charge in [-0.3, -0.25) is 4.79 Å². The summed E-state index contributed by atoms with van der Waals surface area (Å²) in [6, 6.07) is 5.25. The number of methoxy groups -OCH3 is 2. The molecule has 0 atom stereocenters. The minimum atomic E-state index is -0.944. The smallest absolute Gasteiger partial charge is 0.309 e. The summed E-state index contributed by atoms with van der Waals surface area (Å²) in [6.45, 7) is 1.69. The molecule has 2 aromatic rings. The number of carboxylic acid groups (broad SMARTS) is 1. The van der Waals surface area contributed by atoms with Crippen molar-refractivity contribution in [2.45, 2.75) is 13.3 Å². The van der Waals surface area contributed by atoms with E-state index in [2.05, 4.69) is 4.98 Å². The van der Waals surface area contributed by atoms with E-state index in [1.54, 1.807) is 32.2 Å². The Hall–Kier alpha value is -2.50. The van der Waals surface area contributed by atoms with E-state index in [0.717, 1.165) is 0 Å². The van der Waals surface area contributed by atoms with Crippen LogP contribution in [0.4, 0.5) is 0 Å². The average molecular weight is 277 g/mol. The molecule has 1 aromatic heterocycles. The second-order valence-electron chi connectivity index (χ2n) is 4.16. The third-order valence-electron chi connectivity index (χ3n) is 2.84. The molecule has 0 saturated heterocycles. The molecule has 0 radical (unpaired) electrons. The highest BCUT2D eigenvalue weighted by molar-refractivity contribution is 5.70. The van der Waals surface area contributed by atoms with Crippen molar-refractivity contribution in [3.63, 3.8) is 0 Å². The minimum Gasteiger partial charge on any atom is -0.493 e. The highest BCUT2D eigenvalue weighted by atomic mass is 16.5. The van der Waals surface area contributed by atoms with Crippen LogP contribution in [0, 0.1) is 6.92 Å². The number of aliphatic carboxylic acids is 1. The van der Waals surface area contributed by atoms with Crippen molar-refractivity contribution in [2.75, 3.05) is 14.2 Å². The minimum absolute atomic E-state index is 0.164.